The normalized spacial score (nSPS) is 16.4. The van der Waals surface area contributed by atoms with Crippen LogP contribution in [-0.2, 0) is 16.0 Å². The summed E-state index contributed by atoms with van der Waals surface area (Å²) in [5.74, 6) is 1.07. The summed E-state index contributed by atoms with van der Waals surface area (Å²) in [6, 6.07) is 0. The fraction of sp³-hybridized carbons (Fsp3) is 0.714. The van der Waals surface area contributed by atoms with Gasteiger partial charge in [0.1, 0.15) is 0 Å². The van der Waals surface area contributed by atoms with Gasteiger partial charge in [-0.3, -0.25) is 9.59 Å². The number of nitrogens with two attached hydrogens (primary N) is 1. The molecule has 1 aliphatic heterocycles. The Bertz CT molecular complexity index is 504. The van der Waals surface area contributed by atoms with Gasteiger partial charge in [-0.1, -0.05) is 19.0 Å². The Morgan fingerprint density at radius 1 is 1.38 bits per heavy atom. The highest BCUT2D eigenvalue weighted by Gasteiger charge is 2.25. The molecule has 0 spiro atoms. The molecule has 116 valence electrons. The smallest absolute Gasteiger partial charge is 0.227 e. The highest BCUT2D eigenvalue weighted by molar-refractivity contribution is 5.78. The molecule has 7 heteroatoms. The van der Waals surface area contributed by atoms with Crippen molar-refractivity contribution in [1.82, 2.24) is 15.0 Å². The number of primary amides is 1. The van der Waals surface area contributed by atoms with Crippen molar-refractivity contribution in [3.8, 4) is 0 Å². The molecule has 2 N–H and O–H groups in total. The Balaban J connectivity index is 1.78. The van der Waals surface area contributed by atoms with Gasteiger partial charge in [0.05, 0.1) is 0 Å². The van der Waals surface area contributed by atoms with Gasteiger partial charge in [-0.2, -0.15) is 4.98 Å². The van der Waals surface area contributed by atoms with Crippen LogP contribution in [0.25, 0.3) is 0 Å². The molecule has 7 nitrogen and oxygen atoms in total. The van der Waals surface area contributed by atoms with Crippen LogP contribution in [0.5, 0.6) is 0 Å². The second-order valence-corrected chi connectivity index (χ2v) is 5.76. The van der Waals surface area contributed by atoms with E-state index in [4.69, 9.17) is 10.3 Å². The van der Waals surface area contributed by atoms with E-state index < -0.39 is 0 Å². The molecule has 0 atom stereocenters. The van der Waals surface area contributed by atoms with Crippen LogP contribution in [0.2, 0.25) is 0 Å². The third kappa shape index (κ3) is 4.03. The Morgan fingerprint density at radius 2 is 2.05 bits per heavy atom. The third-order valence-electron chi connectivity index (χ3n) is 3.80. The number of hydrogen-bond donors (Lipinski definition) is 1. The number of rotatable bonds is 5. The monoisotopic (exact) mass is 294 g/mol. The van der Waals surface area contributed by atoms with E-state index in [0.29, 0.717) is 50.5 Å². The van der Waals surface area contributed by atoms with Crippen molar-refractivity contribution in [1.29, 1.82) is 0 Å². The Kier molecular flexibility index (Phi) is 4.93. The van der Waals surface area contributed by atoms with Gasteiger partial charge in [-0.25, -0.2) is 0 Å². The number of aromatic nitrogens is 2. The number of amides is 2. The summed E-state index contributed by atoms with van der Waals surface area (Å²) >= 11 is 0. The van der Waals surface area contributed by atoms with Gasteiger partial charge in [0.15, 0.2) is 5.82 Å². The quantitative estimate of drug-likeness (QED) is 0.867. The lowest BCUT2D eigenvalue weighted by atomic mass is 9.96. The minimum atomic E-state index is -0.269. The molecule has 0 unspecified atom stereocenters. The van der Waals surface area contributed by atoms with Crippen LogP contribution in [-0.4, -0.2) is 39.9 Å². The van der Waals surface area contributed by atoms with Gasteiger partial charge in [0, 0.05) is 37.8 Å². The molecule has 1 aromatic heterocycles. The maximum atomic E-state index is 12.1. The lowest BCUT2D eigenvalue weighted by Gasteiger charge is -2.30. The molecule has 0 aliphatic carbocycles. The molecule has 0 radical (unpaired) electrons. The van der Waals surface area contributed by atoms with E-state index in [2.05, 4.69) is 10.1 Å². The number of likely N-dealkylation sites (tertiary alicyclic amines) is 1. The minimum Gasteiger partial charge on any atom is -0.369 e. The average molecular weight is 294 g/mol. The number of aryl methyl sites for hydroxylation is 1. The summed E-state index contributed by atoms with van der Waals surface area (Å²) in [6.45, 7) is 5.16. The number of carbonyl (C=O) groups is 2. The lowest BCUT2D eigenvalue weighted by molar-refractivity contribution is -0.134. The van der Waals surface area contributed by atoms with E-state index in [1.807, 2.05) is 13.8 Å². The van der Waals surface area contributed by atoms with Gasteiger partial charge in [-0.05, 0) is 12.8 Å². The van der Waals surface area contributed by atoms with E-state index >= 15 is 0 Å². The fourth-order valence-corrected chi connectivity index (χ4v) is 2.39. The van der Waals surface area contributed by atoms with Crippen LogP contribution in [0.1, 0.15) is 50.7 Å². The van der Waals surface area contributed by atoms with Gasteiger partial charge in [0.2, 0.25) is 17.7 Å². The molecule has 0 aromatic carbocycles. The first-order chi connectivity index (χ1) is 9.97. The molecule has 0 saturated carbocycles. The zero-order chi connectivity index (χ0) is 15.4. The van der Waals surface area contributed by atoms with E-state index in [0.717, 1.165) is 0 Å². The molecule has 2 rings (SSSR count). The Hall–Kier alpha value is -1.92. The van der Waals surface area contributed by atoms with E-state index in [1.165, 1.54) is 0 Å². The van der Waals surface area contributed by atoms with Crippen molar-refractivity contribution in [2.75, 3.05) is 13.1 Å². The predicted octanol–water partition coefficient (Wildman–Crippen LogP) is 0.850. The zero-order valence-corrected chi connectivity index (χ0v) is 12.5. The van der Waals surface area contributed by atoms with Crippen LogP contribution in [0.4, 0.5) is 0 Å². The SMILES string of the molecule is CC(C)c1noc(CCC(=O)N2CCC(C(N)=O)CC2)n1. The predicted molar refractivity (Wildman–Crippen MR) is 75.2 cm³/mol. The van der Waals surface area contributed by atoms with Crippen LogP contribution < -0.4 is 5.73 Å². The minimum absolute atomic E-state index is 0.0576. The van der Waals surface area contributed by atoms with E-state index in [-0.39, 0.29) is 23.7 Å². The maximum absolute atomic E-state index is 12.1. The molecule has 2 heterocycles. The largest absolute Gasteiger partial charge is 0.369 e. The lowest BCUT2D eigenvalue weighted by Crippen LogP contribution is -2.41. The first-order valence-electron chi connectivity index (χ1n) is 7.37. The molecule has 1 fully saturated rings. The van der Waals surface area contributed by atoms with Gasteiger partial charge >= 0.3 is 0 Å². The summed E-state index contributed by atoms with van der Waals surface area (Å²) in [6.07, 6.45) is 2.10. The molecule has 1 saturated heterocycles. The topological polar surface area (TPSA) is 102 Å². The maximum Gasteiger partial charge on any atom is 0.227 e. The van der Waals surface area contributed by atoms with Gasteiger partial charge in [0.25, 0.3) is 0 Å². The van der Waals surface area contributed by atoms with Crippen LogP contribution >= 0.6 is 0 Å². The van der Waals surface area contributed by atoms with Crippen molar-refractivity contribution in [2.45, 2.75) is 45.4 Å². The van der Waals surface area contributed by atoms with Crippen molar-refractivity contribution in [3.63, 3.8) is 0 Å². The summed E-state index contributed by atoms with van der Waals surface area (Å²) in [7, 11) is 0. The van der Waals surface area contributed by atoms with Crippen LogP contribution in [0.3, 0.4) is 0 Å². The zero-order valence-electron chi connectivity index (χ0n) is 12.5. The summed E-state index contributed by atoms with van der Waals surface area (Å²) in [5, 5.41) is 3.87. The standard InChI is InChI=1S/C14H22N4O3/c1-9(2)14-16-11(21-17-14)3-4-12(19)18-7-5-10(6-8-18)13(15)20/h9-10H,3-8H2,1-2H3,(H2,15,20). The second-order valence-electron chi connectivity index (χ2n) is 5.76. The third-order valence-corrected chi connectivity index (χ3v) is 3.80. The highest BCUT2D eigenvalue weighted by Crippen LogP contribution is 2.18. The molecule has 1 aliphatic rings. The molecular formula is C14H22N4O3. The molecule has 0 bridgehead atoms. The molecule has 1 aromatic rings. The molecule has 21 heavy (non-hydrogen) atoms. The first kappa shape index (κ1) is 15.5. The summed E-state index contributed by atoms with van der Waals surface area (Å²) in [5.41, 5.74) is 5.28. The Labute approximate surface area is 123 Å². The van der Waals surface area contributed by atoms with Crippen molar-refractivity contribution in [2.24, 2.45) is 11.7 Å². The Morgan fingerprint density at radius 3 is 2.57 bits per heavy atom. The number of carbonyl (C=O) groups excluding carboxylic acids is 2. The van der Waals surface area contributed by atoms with Gasteiger partial charge < -0.3 is 15.2 Å². The van der Waals surface area contributed by atoms with Crippen LogP contribution in [0.15, 0.2) is 4.52 Å². The van der Waals surface area contributed by atoms with Crippen LogP contribution in [0, 0.1) is 5.92 Å². The summed E-state index contributed by atoms with van der Waals surface area (Å²) < 4.78 is 5.12. The van der Waals surface area contributed by atoms with Crippen molar-refractivity contribution >= 4 is 11.8 Å². The average Bonchev–Trinajstić information content (AvgIpc) is 2.94. The van der Waals surface area contributed by atoms with Crippen molar-refractivity contribution in [3.05, 3.63) is 11.7 Å². The number of hydrogen-bond acceptors (Lipinski definition) is 5. The van der Waals surface area contributed by atoms with E-state index in [1.54, 1.807) is 4.90 Å². The van der Waals surface area contributed by atoms with E-state index in [9.17, 15) is 9.59 Å². The molecule has 2 amide bonds. The summed E-state index contributed by atoms with van der Waals surface area (Å²) in [4.78, 5) is 29.2. The molecular weight excluding hydrogens is 272 g/mol. The highest BCUT2D eigenvalue weighted by atomic mass is 16.5. The number of nitrogens with zero attached hydrogens (tertiary/aromatic N) is 3. The van der Waals surface area contributed by atoms with Gasteiger partial charge in [-0.15, -0.1) is 0 Å². The number of piperidine rings is 1. The first-order valence-corrected chi connectivity index (χ1v) is 7.37. The second kappa shape index (κ2) is 6.69. The van der Waals surface area contributed by atoms with Crippen molar-refractivity contribution < 1.29 is 14.1 Å². The fourth-order valence-electron chi connectivity index (χ4n) is 2.39.